The highest BCUT2D eigenvalue weighted by atomic mass is 32.1. The lowest BCUT2D eigenvalue weighted by molar-refractivity contribution is 0.592. The Bertz CT molecular complexity index is 555. The second-order valence-corrected chi connectivity index (χ2v) is 6.76. The summed E-state index contributed by atoms with van der Waals surface area (Å²) < 4.78 is 0. The second kappa shape index (κ2) is 5.39. The molecule has 0 saturated carbocycles. The van der Waals surface area contributed by atoms with Gasteiger partial charge < -0.3 is 5.32 Å². The number of aromatic nitrogens is 2. The van der Waals surface area contributed by atoms with Crippen LogP contribution in [0, 0.1) is 0 Å². The van der Waals surface area contributed by atoms with Crippen molar-refractivity contribution in [3.63, 3.8) is 0 Å². The van der Waals surface area contributed by atoms with E-state index in [2.05, 4.69) is 67.5 Å². The third kappa shape index (κ3) is 3.01. The Morgan fingerprint density at radius 1 is 1.16 bits per heavy atom. The van der Waals surface area contributed by atoms with Crippen molar-refractivity contribution in [1.82, 2.24) is 15.5 Å². The number of nitrogens with zero attached hydrogens (tertiary/aromatic N) is 2. The molecule has 102 valence electrons. The van der Waals surface area contributed by atoms with E-state index in [1.807, 2.05) is 7.05 Å². The molecule has 3 nitrogen and oxygen atoms in total. The first-order valence-corrected chi connectivity index (χ1v) is 7.35. The quantitative estimate of drug-likeness (QED) is 0.926. The van der Waals surface area contributed by atoms with Crippen LogP contribution in [0.25, 0.3) is 10.6 Å². The van der Waals surface area contributed by atoms with Gasteiger partial charge in [0, 0.05) is 5.56 Å². The minimum Gasteiger partial charge on any atom is -0.311 e. The Morgan fingerprint density at radius 2 is 1.84 bits per heavy atom. The van der Waals surface area contributed by atoms with Gasteiger partial charge in [0.1, 0.15) is 10.0 Å². The van der Waals surface area contributed by atoms with Gasteiger partial charge in [-0.05, 0) is 24.9 Å². The van der Waals surface area contributed by atoms with E-state index in [4.69, 9.17) is 0 Å². The van der Waals surface area contributed by atoms with Crippen molar-refractivity contribution < 1.29 is 0 Å². The van der Waals surface area contributed by atoms with E-state index >= 15 is 0 Å². The molecule has 2 rings (SSSR count). The molecule has 0 saturated heterocycles. The van der Waals surface area contributed by atoms with E-state index in [9.17, 15) is 0 Å². The van der Waals surface area contributed by atoms with Crippen molar-refractivity contribution in [2.24, 2.45) is 0 Å². The van der Waals surface area contributed by atoms with Crippen molar-refractivity contribution in [3.05, 3.63) is 34.8 Å². The number of hydrogen-bond acceptors (Lipinski definition) is 4. The van der Waals surface area contributed by atoms with Gasteiger partial charge in [-0.1, -0.05) is 56.4 Å². The molecule has 0 radical (unpaired) electrons. The molecule has 1 heterocycles. The van der Waals surface area contributed by atoms with Gasteiger partial charge >= 0.3 is 0 Å². The van der Waals surface area contributed by atoms with E-state index in [0.717, 1.165) is 10.0 Å². The third-order valence-corrected chi connectivity index (χ3v) is 4.35. The number of rotatable bonds is 3. The standard InChI is InChI=1S/C15H21N3S/c1-10(16-5)13-17-18-14(19-13)11-8-6-7-9-12(11)15(2,3)4/h6-10,16H,1-5H3. The van der Waals surface area contributed by atoms with Crippen molar-refractivity contribution in [2.75, 3.05) is 7.05 Å². The maximum Gasteiger partial charge on any atom is 0.148 e. The molecule has 0 fully saturated rings. The minimum atomic E-state index is 0.108. The molecule has 0 aliphatic rings. The van der Waals surface area contributed by atoms with Crippen LogP contribution < -0.4 is 5.32 Å². The Labute approximate surface area is 119 Å². The van der Waals surface area contributed by atoms with Crippen LogP contribution in [-0.2, 0) is 5.41 Å². The molecule has 1 aromatic carbocycles. The van der Waals surface area contributed by atoms with Gasteiger partial charge in [0.2, 0.25) is 0 Å². The van der Waals surface area contributed by atoms with E-state index in [1.54, 1.807) is 11.3 Å². The highest BCUT2D eigenvalue weighted by molar-refractivity contribution is 7.14. The van der Waals surface area contributed by atoms with Crippen LogP contribution in [0.3, 0.4) is 0 Å². The number of hydrogen-bond donors (Lipinski definition) is 1. The minimum absolute atomic E-state index is 0.108. The fourth-order valence-corrected chi connectivity index (χ4v) is 2.91. The van der Waals surface area contributed by atoms with Crippen LogP contribution in [-0.4, -0.2) is 17.2 Å². The van der Waals surface area contributed by atoms with Crippen molar-refractivity contribution in [3.8, 4) is 10.6 Å². The molecule has 1 N–H and O–H groups in total. The monoisotopic (exact) mass is 275 g/mol. The number of nitrogens with one attached hydrogen (secondary N) is 1. The average Bonchev–Trinajstić information content (AvgIpc) is 2.86. The Morgan fingerprint density at radius 3 is 2.47 bits per heavy atom. The molecular formula is C15H21N3S. The molecule has 1 aromatic heterocycles. The predicted octanol–water partition coefficient (Wildman–Crippen LogP) is 3.78. The Balaban J connectivity index is 2.45. The molecule has 19 heavy (non-hydrogen) atoms. The zero-order valence-electron chi connectivity index (χ0n) is 12.2. The fourth-order valence-electron chi connectivity index (χ4n) is 1.97. The lowest BCUT2D eigenvalue weighted by Gasteiger charge is -2.21. The largest absolute Gasteiger partial charge is 0.311 e. The van der Waals surface area contributed by atoms with Crippen LogP contribution in [0.4, 0.5) is 0 Å². The summed E-state index contributed by atoms with van der Waals surface area (Å²) in [6.07, 6.45) is 0. The molecule has 0 aliphatic heterocycles. The van der Waals surface area contributed by atoms with Crippen molar-refractivity contribution in [2.45, 2.75) is 39.2 Å². The molecule has 0 bridgehead atoms. The van der Waals surface area contributed by atoms with Crippen LogP contribution in [0.2, 0.25) is 0 Å². The molecule has 1 unspecified atom stereocenters. The fraction of sp³-hybridized carbons (Fsp3) is 0.467. The van der Waals surface area contributed by atoms with Gasteiger partial charge in [0.05, 0.1) is 6.04 Å². The van der Waals surface area contributed by atoms with Gasteiger partial charge in [-0.2, -0.15) is 0 Å². The first-order chi connectivity index (χ1) is 8.93. The van der Waals surface area contributed by atoms with Crippen LogP contribution in [0.1, 0.15) is 44.3 Å². The van der Waals surface area contributed by atoms with E-state index in [0.29, 0.717) is 0 Å². The first kappa shape index (κ1) is 14.2. The number of benzene rings is 1. The maximum atomic E-state index is 4.36. The zero-order valence-corrected chi connectivity index (χ0v) is 13.0. The van der Waals surface area contributed by atoms with Crippen molar-refractivity contribution in [1.29, 1.82) is 0 Å². The maximum absolute atomic E-state index is 4.36. The molecular weight excluding hydrogens is 254 g/mol. The third-order valence-electron chi connectivity index (χ3n) is 3.21. The smallest absolute Gasteiger partial charge is 0.148 e. The van der Waals surface area contributed by atoms with Crippen LogP contribution in [0.15, 0.2) is 24.3 Å². The van der Waals surface area contributed by atoms with Crippen LogP contribution >= 0.6 is 11.3 Å². The summed E-state index contributed by atoms with van der Waals surface area (Å²) in [5, 5.41) is 13.9. The van der Waals surface area contributed by atoms with E-state index < -0.39 is 0 Å². The summed E-state index contributed by atoms with van der Waals surface area (Å²) in [6.45, 7) is 8.78. The lowest BCUT2D eigenvalue weighted by Crippen LogP contribution is -2.12. The topological polar surface area (TPSA) is 37.8 Å². The summed E-state index contributed by atoms with van der Waals surface area (Å²) in [4.78, 5) is 0. The second-order valence-electron chi connectivity index (χ2n) is 5.75. The lowest BCUT2D eigenvalue weighted by atomic mass is 9.84. The van der Waals surface area contributed by atoms with Gasteiger partial charge in [0.15, 0.2) is 0 Å². The van der Waals surface area contributed by atoms with Gasteiger partial charge in [0.25, 0.3) is 0 Å². The molecule has 4 heteroatoms. The van der Waals surface area contributed by atoms with E-state index in [1.165, 1.54) is 11.1 Å². The zero-order chi connectivity index (χ0) is 14.0. The molecule has 0 spiro atoms. The molecule has 2 aromatic rings. The van der Waals surface area contributed by atoms with Crippen LogP contribution in [0.5, 0.6) is 0 Å². The van der Waals surface area contributed by atoms with Crippen molar-refractivity contribution >= 4 is 11.3 Å². The summed E-state index contributed by atoms with van der Waals surface area (Å²) in [5.74, 6) is 0. The van der Waals surface area contributed by atoms with E-state index in [-0.39, 0.29) is 11.5 Å². The van der Waals surface area contributed by atoms with Gasteiger partial charge in [-0.15, -0.1) is 10.2 Å². The van der Waals surface area contributed by atoms with Gasteiger partial charge in [-0.25, -0.2) is 0 Å². The highest BCUT2D eigenvalue weighted by Gasteiger charge is 2.20. The normalized spacial score (nSPS) is 13.5. The van der Waals surface area contributed by atoms with Gasteiger partial charge in [-0.3, -0.25) is 0 Å². The Hall–Kier alpha value is -1.26. The summed E-state index contributed by atoms with van der Waals surface area (Å²) in [6, 6.07) is 8.70. The summed E-state index contributed by atoms with van der Waals surface area (Å²) >= 11 is 1.66. The predicted molar refractivity (Wildman–Crippen MR) is 81.5 cm³/mol. The SMILES string of the molecule is CNC(C)c1nnc(-c2ccccc2C(C)(C)C)s1. The molecule has 0 amide bonds. The highest BCUT2D eigenvalue weighted by Crippen LogP contribution is 2.35. The average molecular weight is 275 g/mol. The summed E-state index contributed by atoms with van der Waals surface area (Å²) in [5.41, 5.74) is 2.62. The molecule has 0 aliphatic carbocycles. The Kier molecular flexibility index (Phi) is 4.02. The first-order valence-electron chi connectivity index (χ1n) is 6.54. The molecule has 1 atom stereocenters. The summed E-state index contributed by atoms with van der Waals surface area (Å²) in [7, 11) is 1.94.